The van der Waals surface area contributed by atoms with Crippen LogP contribution in [-0.4, -0.2) is 58.6 Å². The number of hydrogen-bond donors (Lipinski definition) is 0. The molecule has 3 aliphatic heterocycles. The first-order valence-electron chi connectivity index (χ1n) is 50.2. The molecule has 0 radical (unpaired) electrons. The zero-order chi connectivity index (χ0) is 99.1. The minimum absolute atomic E-state index is 0.601. The van der Waals surface area contributed by atoms with Gasteiger partial charge in [0.15, 0.2) is 17.5 Å². The van der Waals surface area contributed by atoms with Crippen LogP contribution in [-0.2, 0) is 0 Å². The SMILES string of the molecule is c1ccc(-c2cc(-c3cc(-c4ccccc4)nc(-c4ccccc4)n3)cc(-n3c4c(c5ccccc53)-c3ccccc3Oc3ccccc3-4)c2)cc1.c1ccc(-c2nc(-c3ccccc3)nc(-n3c4c(c5ccccc53)-c3ccccc3Sc3ccccc3-4)n2)cc1.c1ccc2c(c1)-c1c(n(-c3cc(-c4ccncc4)nc(-c4ccc5ccccc5c4)c3)c3ccccc13)-c1ccccc1N2c1ccc2ccc3cccnc3c2n1. The second kappa shape index (κ2) is 37.3. The fourth-order valence-electron chi connectivity index (χ4n) is 21.7. The van der Waals surface area contributed by atoms with E-state index in [9.17, 15) is 0 Å². The lowest BCUT2D eigenvalue weighted by Gasteiger charge is -2.26. The van der Waals surface area contributed by atoms with Gasteiger partial charge in [-0.2, -0.15) is 9.97 Å². The molecule has 15 heteroatoms. The Morgan fingerprint density at radius 1 is 0.220 bits per heavy atom. The first-order valence-corrected chi connectivity index (χ1v) is 51.0. The number of aromatic nitrogens is 12. The molecule has 0 bridgehead atoms. The monoisotopic (exact) mass is 1940 g/mol. The number of pyridine rings is 4. The van der Waals surface area contributed by atoms with Crippen LogP contribution in [0.3, 0.4) is 0 Å². The van der Waals surface area contributed by atoms with Gasteiger partial charge in [-0.1, -0.05) is 376 Å². The Kier molecular flexibility index (Phi) is 21.8. The Morgan fingerprint density at radius 2 is 0.640 bits per heavy atom. The van der Waals surface area contributed by atoms with Gasteiger partial charge in [0.1, 0.15) is 17.3 Å². The molecule has 30 rings (SSSR count). The van der Waals surface area contributed by atoms with Crippen molar-refractivity contribution in [3.8, 4) is 186 Å². The fraction of sp³-hybridized carbons (Fsp3) is 0. The predicted molar refractivity (Wildman–Crippen MR) is 611 cm³/mol. The van der Waals surface area contributed by atoms with Crippen molar-refractivity contribution >= 4 is 94.2 Å². The summed E-state index contributed by atoms with van der Waals surface area (Å²) >= 11 is 1.81. The van der Waals surface area contributed by atoms with Gasteiger partial charge in [0.2, 0.25) is 5.95 Å². The molecule has 0 unspecified atom stereocenters. The summed E-state index contributed by atoms with van der Waals surface area (Å²) in [6.45, 7) is 0. The topological polar surface area (TPSA) is 143 Å². The number of rotatable bonds is 12. The van der Waals surface area contributed by atoms with Crippen molar-refractivity contribution in [1.29, 1.82) is 0 Å². The van der Waals surface area contributed by atoms with Crippen LogP contribution in [0.25, 0.3) is 240 Å². The molecule has 0 spiro atoms. The number of ether oxygens (including phenoxy) is 1. The predicted octanol–water partition coefficient (Wildman–Crippen LogP) is 34.6. The van der Waals surface area contributed by atoms with Crippen molar-refractivity contribution in [3.63, 3.8) is 0 Å². The van der Waals surface area contributed by atoms with Gasteiger partial charge >= 0.3 is 0 Å². The van der Waals surface area contributed by atoms with Gasteiger partial charge < -0.3 is 13.9 Å². The largest absolute Gasteiger partial charge is 0.456 e. The van der Waals surface area contributed by atoms with E-state index in [1.807, 2.05) is 146 Å². The molecule has 0 amide bonds. The highest BCUT2D eigenvalue weighted by Crippen LogP contribution is 2.58. The van der Waals surface area contributed by atoms with Crippen LogP contribution < -0.4 is 9.64 Å². The molecule has 150 heavy (non-hydrogen) atoms. The summed E-state index contributed by atoms with van der Waals surface area (Å²) in [4.78, 5) is 50.1. The van der Waals surface area contributed by atoms with E-state index in [1.165, 1.54) is 42.6 Å². The number of benzene rings is 18. The second-order valence-electron chi connectivity index (χ2n) is 37.4. The number of anilines is 3. The highest BCUT2D eigenvalue weighted by molar-refractivity contribution is 7.99. The van der Waals surface area contributed by atoms with E-state index in [0.29, 0.717) is 23.4 Å². The van der Waals surface area contributed by atoms with Crippen molar-refractivity contribution in [2.45, 2.75) is 9.79 Å². The summed E-state index contributed by atoms with van der Waals surface area (Å²) in [5, 5.41) is 7.99. The summed E-state index contributed by atoms with van der Waals surface area (Å²) in [5.74, 6) is 5.08. The van der Waals surface area contributed by atoms with Crippen molar-refractivity contribution < 1.29 is 4.74 Å². The van der Waals surface area contributed by atoms with Gasteiger partial charge in [0.25, 0.3) is 0 Å². The third-order valence-electron chi connectivity index (χ3n) is 28.5. The molecule has 702 valence electrons. The van der Waals surface area contributed by atoms with E-state index in [4.69, 9.17) is 44.6 Å². The van der Waals surface area contributed by atoms with Crippen LogP contribution in [0.15, 0.2) is 526 Å². The van der Waals surface area contributed by atoms with E-state index < -0.39 is 0 Å². The number of nitrogens with zero attached hydrogens (tertiary/aromatic N) is 13. The molecular weight excluding hydrogens is 1850 g/mol. The molecule has 14 nitrogen and oxygen atoms in total. The van der Waals surface area contributed by atoms with Crippen LogP contribution in [0.4, 0.5) is 17.2 Å². The third-order valence-corrected chi connectivity index (χ3v) is 29.7. The van der Waals surface area contributed by atoms with Gasteiger partial charge in [-0.15, -0.1) is 0 Å². The van der Waals surface area contributed by atoms with Crippen molar-refractivity contribution in [3.05, 3.63) is 516 Å². The second-order valence-corrected chi connectivity index (χ2v) is 38.5. The number of fused-ring (bicyclic) bond motifs is 25. The maximum absolute atomic E-state index is 6.65. The summed E-state index contributed by atoms with van der Waals surface area (Å²) in [6.07, 6.45) is 5.51. The minimum atomic E-state index is 0.601. The Bertz CT molecular complexity index is 9880. The third kappa shape index (κ3) is 15.6. The van der Waals surface area contributed by atoms with E-state index in [-0.39, 0.29) is 0 Å². The summed E-state index contributed by atoms with van der Waals surface area (Å²) in [5.41, 5.74) is 35.4. The molecule has 9 aromatic heterocycles. The van der Waals surface area contributed by atoms with E-state index >= 15 is 0 Å². The molecule has 0 atom stereocenters. The summed E-state index contributed by atoms with van der Waals surface area (Å²) in [7, 11) is 0. The Balaban J connectivity index is 0.000000110. The lowest BCUT2D eigenvalue weighted by atomic mass is 9.97. The molecule has 0 aliphatic carbocycles. The molecule has 12 heterocycles. The average molecular weight is 1940 g/mol. The molecule has 0 N–H and O–H groups in total. The summed E-state index contributed by atoms with van der Waals surface area (Å²) < 4.78 is 13.7. The lowest BCUT2D eigenvalue weighted by molar-refractivity contribution is 0.487. The first kappa shape index (κ1) is 87.8. The number of para-hydroxylation sites is 7. The molecule has 18 aromatic carbocycles. The van der Waals surface area contributed by atoms with Crippen LogP contribution in [0.5, 0.6) is 11.5 Å². The van der Waals surface area contributed by atoms with E-state index in [0.717, 1.165) is 213 Å². The highest BCUT2D eigenvalue weighted by Gasteiger charge is 2.36. The average Bonchev–Trinajstić information content (AvgIpc) is 1.54. The Labute approximate surface area is 868 Å². The summed E-state index contributed by atoms with van der Waals surface area (Å²) in [6, 6.07) is 174. The maximum atomic E-state index is 6.65. The van der Waals surface area contributed by atoms with Crippen LogP contribution >= 0.6 is 11.8 Å². The molecule has 27 aromatic rings. The van der Waals surface area contributed by atoms with Crippen molar-refractivity contribution in [2.75, 3.05) is 4.90 Å². The zero-order valence-corrected chi connectivity index (χ0v) is 81.5. The van der Waals surface area contributed by atoms with Crippen molar-refractivity contribution in [2.24, 2.45) is 0 Å². The van der Waals surface area contributed by atoms with Crippen LogP contribution in [0.1, 0.15) is 0 Å². The molecule has 0 fully saturated rings. The normalized spacial score (nSPS) is 11.9. The standard InChI is InChI=1S/C52H32N6.C48H31N3O.C35H22N4S/c1-2-11-37-30-38(22-19-33(37)10-1)44-32-39(31-43(55-44)34-25-28-53-29-26-34)57-45-16-6-3-13-40(45)49-41-14-4-7-17-46(41)58(47-18-8-5-15-42(47)52(49)57)48-24-23-36-21-20-35-12-9-27-54-50(35)51(36)56-48;1-4-16-32(17-5-1)35-28-36(42-31-41(33-18-6-2-7-19-33)49-48(50-42)34-20-8-3-9-21-34)30-37(29-35)51-43-25-13-10-22-38(43)46-39-23-11-14-26-44(39)52-45-27-15-12-24-40(45)47(46)51;1-3-13-23(14-4-1)33-36-34(24-15-5-2-6-16-24)38-35(37-33)39-28-20-10-7-17-25(28)31-26-18-8-11-21-29(26)40-30-22-12-9-19-27(30)32(31)39/h1-32H;1-31H;1-22H. The minimum Gasteiger partial charge on any atom is -0.456 e. The van der Waals surface area contributed by atoms with Gasteiger partial charge in [-0.05, 0) is 161 Å². The van der Waals surface area contributed by atoms with Crippen LogP contribution in [0.2, 0.25) is 0 Å². The lowest BCUT2D eigenvalue weighted by Crippen LogP contribution is -2.13. The molecule has 0 saturated heterocycles. The molecule has 0 saturated carbocycles. The van der Waals surface area contributed by atoms with Gasteiger partial charge in [-0.25, -0.2) is 24.9 Å². The zero-order valence-electron chi connectivity index (χ0n) is 80.7. The number of hydrogen-bond acceptors (Lipinski definition) is 12. The van der Waals surface area contributed by atoms with E-state index in [2.05, 4.69) is 406 Å². The highest BCUT2D eigenvalue weighted by atomic mass is 32.2. The fourth-order valence-corrected chi connectivity index (χ4v) is 22.8. The molecule has 3 aliphatic rings. The van der Waals surface area contributed by atoms with Gasteiger partial charge in [0.05, 0.1) is 84.5 Å². The quantitative estimate of drug-likeness (QED) is 0.107. The van der Waals surface area contributed by atoms with E-state index in [1.54, 1.807) is 0 Å². The van der Waals surface area contributed by atoms with Crippen molar-refractivity contribution in [1.82, 2.24) is 58.6 Å². The molecular formula is C135H85N13OS. The Morgan fingerprint density at radius 3 is 1.29 bits per heavy atom. The van der Waals surface area contributed by atoms with Gasteiger partial charge in [0, 0.05) is 144 Å². The van der Waals surface area contributed by atoms with Crippen LogP contribution in [0, 0.1) is 0 Å². The maximum Gasteiger partial charge on any atom is 0.238 e. The van der Waals surface area contributed by atoms with Gasteiger partial charge in [-0.3, -0.25) is 19.4 Å². The smallest absolute Gasteiger partial charge is 0.238 e. The Hall–Kier alpha value is -20.0. The first-order chi connectivity index (χ1) is 74.4.